The average molecular weight is 347 g/mol. The Bertz CT molecular complexity index is 948. The molecule has 0 bridgehead atoms. The van der Waals surface area contributed by atoms with Gasteiger partial charge in [-0.2, -0.15) is 0 Å². The van der Waals surface area contributed by atoms with Gasteiger partial charge in [0.05, 0.1) is 17.6 Å². The zero-order chi connectivity index (χ0) is 18.1. The summed E-state index contributed by atoms with van der Waals surface area (Å²) in [6.45, 7) is -0.0272. The number of phenolic OH excluding ortho intramolecular Hbond substituents is 1. The van der Waals surface area contributed by atoms with Crippen molar-refractivity contribution >= 4 is 16.9 Å². The largest absolute Gasteiger partial charge is 0.505 e. The summed E-state index contributed by atoms with van der Waals surface area (Å²) in [5.74, 6) is -2.53. The number of aromatic hydroxyl groups is 1. The second kappa shape index (κ2) is 6.52. The van der Waals surface area contributed by atoms with E-state index in [1.54, 1.807) is 0 Å². The minimum atomic E-state index is -0.972. The molecule has 0 spiro atoms. The van der Waals surface area contributed by atoms with Crippen LogP contribution in [-0.2, 0) is 11.3 Å². The fourth-order valence-corrected chi connectivity index (χ4v) is 2.67. The van der Waals surface area contributed by atoms with Crippen molar-refractivity contribution in [3.8, 4) is 17.1 Å². The molecule has 1 heterocycles. The lowest BCUT2D eigenvalue weighted by Gasteiger charge is -2.06. The molecular formula is C18H15F2NO4. The first-order valence-electron chi connectivity index (χ1n) is 7.41. The molecule has 3 aromatic rings. The first kappa shape index (κ1) is 16.9. The highest BCUT2D eigenvalue weighted by Crippen LogP contribution is 2.39. The van der Waals surface area contributed by atoms with Gasteiger partial charge in [-0.05, 0) is 30.3 Å². The van der Waals surface area contributed by atoms with Crippen molar-refractivity contribution in [3.05, 3.63) is 53.1 Å². The fourth-order valence-electron chi connectivity index (χ4n) is 2.67. The van der Waals surface area contributed by atoms with E-state index in [-0.39, 0.29) is 34.5 Å². The number of benzene rings is 2. The van der Waals surface area contributed by atoms with Gasteiger partial charge in [-0.3, -0.25) is 4.79 Å². The van der Waals surface area contributed by atoms with Gasteiger partial charge < -0.3 is 19.6 Å². The van der Waals surface area contributed by atoms with Gasteiger partial charge >= 0.3 is 0 Å². The SMILES string of the molecule is CNC(=O)c1c(-c2ccc(F)cc2)oc2cc(COC)c(O)c(F)c12. The molecule has 0 aliphatic heterocycles. The molecule has 2 N–H and O–H groups in total. The van der Waals surface area contributed by atoms with E-state index in [0.717, 1.165) is 0 Å². The Kier molecular flexibility index (Phi) is 4.41. The minimum absolute atomic E-state index is 0.0272. The van der Waals surface area contributed by atoms with E-state index in [1.807, 2.05) is 0 Å². The highest BCUT2D eigenvalue weighted by atomic mass is 19.1. The fraction of sp³-hybridized carbons (Fsp3) is 0.167. The van der Waals surface area contributed by atoms with Crippen molar-refractivity contribution in [1.82, 2.24) is 5.32 Å². The highest BCUT2D eigenvalue weighted by molar-refractivity contribution is 6.11. The summed E-state index contributed by atoms with van der Waals surface area (Å²) in [7, 11) is 2.80. The predicted octanol–water partition coefficient (Wildman–Crippen LogP) is 3.59. The number of nitrogens with one attached hydrogen (secondary N) is 1. The predicted molar refractivity (Wildman–Crippen MR) is 87.3 cm³/mol. The molecule has 0 fully saturated rings. The molecule has 0 atom stereocenters. The van der Waals surface area contributed by atoms with Gasteiger partial charge in [-0.25, -0.2) is 8.78 Å². The van der Waals surface area contributed by atoms with Gasteiger partial charge in [-0.15, -0.1) is 0 Å². The molecule has 0 saturated carbocycles. The van der Waals surface area contributed by atoms with Gasteiger partial charge in [-0.1, -0.05) is 0 Å². The first-order valence-corrected chi connectivity index (χ1v) is 7.41. The quantitative estimate of drug-likeness (QED) is 0.757. The molecule has 0 radical (unpaired) electrons. The van der Waals surface area contributed by atoms with Crippen LogP contribution in [-0.4, -0.2) is 25.2 Å². The standard InChI is InChI=1S/C18H15F2NO4/c1-21-18(23)14-13-12(7-10(8-24-2)16(22)15(13)20)25-17(14)9-3-5-11(19)6-4-9/h3-7,22H,8H2,1-2H3,(H,21,23). The number of halogens is 2. The first-order chi connectivity index (χ1) is 12.0. The smallest absolute Gasteiger partial charge is 0.255 e. The van der Waals surface area contributed by atoms with Gasteiger partial charge in [0.2, 0.25) is 0 Å². The van der Waals surface area contributed by atoms with Crippen molar-refractivity contribution in [2.45, 2.75) is 6.61 Å². The summed E-state index contributed by atoms with van der Waals surface area (Å²) >= 11 is 0. The number of rotatable bonds is 4. The molecule has 25 heavy (non-hydrogen) atoms. The van der Waals surface area contributed by atoms with Crippen LogP contribution in [0.5, 0.6) is 5.75 Å². The van der Waals surface area contributed by atoms with Crippen LogP contribution >= 0.6 is 0 Å². The Morgan fingerprint density at radius 2 is 1.96 bits per heavy atom. The minimum Gasteiger partial charge on any atom is -0.505 e. The average Bonchev–Trinajstić information content (AvgIpc) is 2.99. The van der Waals surface area contributed by atoms with E-state index < -0.39 is 23.3 Å². The highest BCUT2D eigenvalue weighted by Gasteiger charge is 2.27. The normalized spacial score (nSPS) is 11.0. The monoisotopic (exact) mass is 347 g/mol. The van der Waals surface area contributed by atoms with Crippen molar-refractivity contribution in [1.29, 1.82) is 0 Å². The number of amides is 1. The number of furan rings is 1. The van der Waals surface area contributed by atoms with E-state index in [2.05, 4.69) is 5.32 Å². The number of methoxy groups -OCH3 is 1. The third kappa shape index (κ3) is 2.83. The summed E-state index contributed by atoms with van der Waals surface area (Å²) in [5, 5.41) is 12.3. The van der Waals surface area contributed by atoms with Gasteiger partial charge in [0, 0.05) is 25.3 Å². The van der Waals surface area contributed by atoms with Crippen molar-refractivity contribution in [2.24, 2.45) is 0 Å². The van der Waals surface area contributed by atoms with Crippen LogP contribution in [0.3, 0.4) is 0 Å². The lowest BCUT2D eigenvalue weighted by Crippen LogP contribution is -2.18. The second-order valence-corrected chi connectivity index (χ2v) is 5.40. The topological polar surface area (TPSA) is 71.7 Å². The maximum atomic E-state index is 14.7. The number of phenols is 1. The Hall–Kier alpha value is -2.93. The molecule has 3 rings (SSSR count). The molecule has 1 amide bonds. The van der Waals surface area contributed by atoms with Gasteiger partial charge in [0.1, 0.15) is 17.2 Å². The summed E-state index contributed by atoms with van der Waals surface area (Å²) < 4.78 is 38.5. The number of hydrogen-bond acceptors (Lipinski definition) is 4. The van der Waals surface area contributed by atoms with E-state index in [0.29, 0.717) is 5.56 Å². The van der Waals surface area contributed by atoms with Crippen LogP contribution in [0.25, 0.3) is 22.3 Å². The summed E-state index contributed by atoms with van der Waals surface area (Å²) in [6, 6.07) is 6.68. The van der Waals surface area contributed by atoms with Crippen LogP contribution < -0.4 is 5.32 Å². The molecule has 2 aromatic carbocycles. The maximum absolute atomic E-state index is 14.7. The molecule has 0 aliphatic carbocycles. The number of carbonyl (C=O) groups excluding carboxylic acids is 1. The summed E-state index contributed by atoms with van der Waals surface area (Å²) in [6.07, 6.45) is 0. The third-order valence-corrected chi connectivity index (χ3v) is 3.83. The molecule has 0 saturated heterocycles. The number of ether oxygens (including phenoxy) is 1. The Morgan fingerprint density at radius 3 is 2.56 bits per heavy atom. The van der Waals surface area contributed by atoms with Crippen LogP contribution in [0.4, 0.5) is 8.78 Å². The number of hydrogen-bond donors (Lipinski definition) is 2. The molecule has 5 nitrogen and oxygen atoms in total. The Morgan fingerprint density at radius 1 is 1.28 bits per heavy atom. The van der Waals surface area contributed by atoms with E-state index in [1.165, 1.54) is 44.5 Å². The molecule has 0 aliphatic rings. The number of fused-ring (bicyclic) bond motifs is 1. The van der Waals surface area contributed by atoms with Crippen LogP contribution in [0.1, 0.15) is 15.9 Å². The van der Waals surface area contributed by atoms with Gasteiger partial charge in [0.15, 0.2) is 11.6 Å². The maximum Gasteiger partial charge on any atom is 0.255 e. The zero-order valence-corrected chi connectivity index (χ0v) is 13.5. The Balaban J connectivity index is 2.35. The lowest BCUT2D eigenvalue weighted by molar-refractivity contribution is 0.0964. The molecular weight excluding hydrogens is 332 g/mol. The van der Waals surface area contributed by atoms with Crippen molar-refractivity contribution in [3.63, 3.8) is 0 Å². The number of carbonyl (C=O) groups is 1. The molecule has 0 unspecified atom stereocenters. The van der Waals surface area contributed by atoms with E-state index in [4.69, 9.17) is 9.15 Å². The second-order valence-electron chi connectivity index (χ2n) is 5.40. The lowest BCUT2D eigenvalue weighted by atomic mass is 10.0. The zero-order valence-electron chi connectivity index (χ0n) is 13.5. The van der Waals surface area contributed by atoms with Crippen LogP contribution in [0.15, 0.2) is 34.7 Å². The van der Waals surface area contributed by atoms with Gasteiger partial charge in [0.25, 0.3) is 5.91 Å². The third-order valence-electron chi connectivity index (χ3n) is 3.83. The van der Waals surface area contributed by atoms with Crippen LogP contribution in [0, 0.1) is 11.6 Å². The summed E-state index contributed by atoms with van der Waals surface area (Å²) in [5.41, 5.74) is 0.611. The Labute approximate surface area is 141 Å². The molecule has 1 aromatic heterocycles. The van der Waals surface area contributed by atoms with Crippen molar-refractivity contribution < 1.29 is 27.8 Å². The van der Waals surface area contributed by atoms with Crippen molar-refractivity contribution in [2.75, 3.05) is 14.2 Å². The molecule has 7 heteroatoms. The van der Waals surface area contributed by atoms with E-state index in [9.17, 15) is 18.7 Å². The summed E-state index contributed by atoms with van der Waals surface area (Å²) in [4.78, 5) is 12.3. The van der Waals surface area contributed by atoms with E-state index >= 15 is 0 Å². The molecule has 130 valence electrons. The van der Waals surface area contributed by atoms with Crippen LogP contribution in [0.2, 0.25) is 0 Å².